The number of thioether (sulfide) groups is 1. The fraction of sp³-hybridized carbons (Fsp3) is 0.733. The molecule has 0 amide bonds. The van der Waals surface area contributed by atoms with E-state index in [4.69, 9.17) is 0 Å². The Labute approximate surface area is 160 Å². The molecule has 1 aromatic heterocycles. The van der Waals surface area contributed by atoms with Crippen molar-refractivity contribution in [2.45, 2.75) is 51.3 Å². The number of halogens is 1. The van der Waals surface area contributed by atoms with E-state index in [1.165, 1.54) is 0 Å². The molecule has 0 atom stereocenters. The van der Waals surface area contributed by atoms with E-state index < -0.39 is 0 Å². The number of hydrogen-bond donors (Lipinski definition) is 2. The number of hydrogen-bond acceptors (Lipinski definition) is 4. The van der Waals surface area contributed by atoms with Crippen LogP contribution in [0.5, 0.6) is 0 Å². The SMILES string of the molecule is CN=C(NCc1nc(C(C)(C)C)cs1)NCC(C)(C)SC.I. The molecule has 7 heteroatoms. The molecule has 0 unspecified atom stereocenters. The van der Waals surface area contributed by atoms with Crippen LogP contribution in [0.25, 0.3) is 0 Å². The standard InChI is InChI=1S/C15H28N4S2.HI/c1-14(2,3)11-9-21-12(19-11)8-17-13(16-6)18-10-15(4,5)20-7;/h9H,8,10H2,1-7H3,(H2,16,17,18);1H. The van der Waals surface area contributed by atoms with Crippen molar-refractivity contribution < 1.29 is 0 Å². The smallest absolute Gasteiger partial charge is 0.191 e. The lowest BCUT2D eigenvalue weighted by Gasteiger charge is -2.23. The molecule has 2 N–H and O–H groups in total. The Hall–Kier alpha value is -0.0200. The molecule has 1 aromatic rings. The van der Waals surface area contributed by atoms with E-state index in [-0.39, 0.29) is 34.1 Å². The average Bonchev–Trinajstić information content (AvgIpc) is 2.88. The summed E-state index contributed by atoms with van der Waals surface area (Å²) < 4.78 is 0.193. The van der Waals surface area contributed by atoms with Crippen LogP contribution < -0.4 is 10.6 Å². The number of thiazole rings is 1. The molecular formula is C15H29IN4S2. The Morgan fingerprint density at radius 3 is 2.36 bits per heavy atom. The van der Waals surface area contributed by atoms with Gasteiger partial charge in [-0.15, -0.1) is 35.3 Å². The zero-order valence-electron chi connectivity index (χ0n) is 14.6. The second-order valence-corrected chi connectivity index (χ2v) is 9.08. The summed E-state index contributed by atoms with van der Waals surface area (Å²) in [5.74, 6) is 0.824. The summed E-state index contributed by atoms with van der Waals surface area (Å²) in [6.07, 6.45) is 2.13. The number of guanidine groups is 1. The van der Waals surface area contributed by atoms with Crippen molar-refractivity contribution in [2.75, 3.05) is 19.8 Å². The van der Waals surface area contributed by atoms with Gasteiger partial charge in [0.2, 0.25) is 0 Å². The molecule has 0 aliphatic heterocycles. The zero-order valence-corrected chi connectivity index (χ0v) is 18.6. The van der Waals surface area contributed by atoms with E-state index in [0.717, 1.165) is 23.2 Å². The van der Waals surface area contributed by atoms with Crippen molar-refractivity contribution in [3.8, 4) is 0 Å². The van der Waals surface area contributed by atoms with Crippen LogP contribution >= 0.6 is 47.1 Å². The van der Waals surface area contributed by atoms with Crippen LogP contribution in [-0.2, 0) is 12.0 Å². The van der Waals surface area contributed by atoms with Gasteiger partial charge in [-0.3, -0.25) is 4.99 Å². The highest BCUT2D eigenvalue weighted by Gasteiger charge is 2.18. The van der Waals surface area contributed by atoms with E-state index in [9.17, 15) is 0 Å². The van der Waals surface area contributed by atoms with Crippen LogP contribution in [0.2, 0.25) is 0 Å². The van der Waals surface area contributed by atoms with Crippen molar-refractivity contribution in [3.63, 3.8) is 0 Å². The summed E-state index contributed by atoms with van der Waals surface area (Å²) in [5.41, 5.74) is 1.26. The molecule has 0 radical (unpaired) electrons. The normalized spacial score (nSPS) is 12.8. The number of nitrogens with one attached hydrogen (secondary N) is 2. The van der Waals surface area contributed by atoms with Gasteiger partial charge in [-0.1, -0.05) is 20.8 Å². The summed E-state index contributed by atoms with van der Waals surface area (Å²) >= 11 is 3.54. The van der Waals surface area contributed by atoms with Gasteiger partial charge in [-0.2, -0.15) is 11.8 Å². The van der Waals surface area contributed by atoms with Gasteiger partial charge >= 0.3 is 0 Å². The third-order valence-corrected chi connectivity index (χ3v) is 5.28. The monoisotopic (exact) mass is 456 g/mol. The van der Waals surface area contributed by atoms with E-state index >= 15 is 0 Å². The first-order chi connectivity index (χ1) is 9.68. The van der Waals surface area contributed by atoms with E-state index in [1.807, 2.05) is 11.8 Å². The van der Waals surface area contributed by atoms with E-state index in [2.05, 4.69) is 66.9 Å². The van der Waals surface area contributed by atoms with Gasteiger partial charge in [-0.25, -0.2) is 4.98 Å². The minimum Gasteiger partial charge on any atom is -0.355 e. The first-order valence-electron chi connectivity index (χ1n) is 7.12. The lowest BCUT2D eigenvalue weighted by Crippen LogP contribution is -2.43. The maximum Gasteiger partial charge on any atom is 0.191 e. The highest BCUT2D eigenvalue weighted by atomic mass is 127. The van der Waals surface area contributed by atoms with Gasteiger partial charge in [0.15, 0.2) is 5.96 Å². The van der Waals surface area contributed by atoms with Gasteiger partial charge in [0.05, 0.1) is 12.2 Å². The quantitative estimate of drug-likeness (QED) is 0.401. The average molecular weight is 456 g/mol. The highest BCUT2D eigenvalue weighted by molar-refractivity contribution is 14.0. The molecule has 0 fully saturated rings. The Kier molecular flexibility index (Phi) is 9.31. The predicted octanol–water partition coefficient (Wildman–Crippen LogP) is 3.87. The second kappa shape index (κ2) is 9.32. The number of aliphatic imine (C=N–C) groups is 1. The van der Waals surface area contributed by atoms with Crippen LogP contribution in [0.15, 0.2) is 10.4 Å². The van der Waals surface area contributed by atoms with Crippen LogP contribution in [0.1, 0.15) is 45.3 Å². The lowest BCUT2D eigenvalue weighted by atomic mass is 9.93. The fourth-order valence-electron chi connectivity index (χ4n) is 1.49. The Morgan fingerprint density at radius 1 is 1.27 bits per heavy atom. The van der Waals surface area contributed by atoms with Gasteiger partial charge in [-0.05, 0) is 20.1 Å². The summed E-state index contributed by atoms with van der Waals surface area (Å²) in [7, 11) is 1.80. The molecule has 0 aliphatic rings. The summed E-state index contributed by atoms with van der Waals surface area (Å²) in [6, 6.07) is 0. The molecule has 0 spiro atoms. The molecule has 0 aliphatic carbocycles. The van der Waals surface area contributed by atoms with Crippen LogP contribution in [0.3, 0.4) is 0 Å². The third kappa shape index (κ3) is 7.50. The van der Waals surface area contributed by atoms with E-state index in [0.29, 0.717) is 6.54 Å². The molecule has 0 aromatic carbocycles. The van der Waals surface area contributed by atoms with Crippen LogP contribution in [-0.4, -0.2) is 35.5 Å². The molecular weight excluding hydrogens is 427 g/mol. The predicted molar refractivity (Wildman–Crippen MR) is 112 cm³/mol. The van der Waals surface area contributed by atoms with Crippen molar-refractivity contribution in [3.05, 3.63) is 16.1 Å². The lowest BCUT2D eigenvalue weighted by molar-refractivity contribution is 0.570. The van der Waals surface area contributed by atoms with E-state index in [1.54, 1.807) is 18.4 Å². The molecule has 0 saturated carbocycles. The first kappa shape index (κ1) is 22.0. The van der Waals surface area contributed by atoms with Gasteiger partial charge in [0.25, 0.3) is 0 Å². The summed E-state index contributed by atoms with van der Waals surface area (Å²) in [6.45, 7) is 12.6. The first-order valence-corrected chi connectivity index (χ1v) is 9.23. The van der Waals surface area contributed by atoms with Gasteiger partial charge in [0, 0.05) is 29.1 Å². The largest absolute Gasteiger partial charge is 0.355 e. The Morgan fingerprint density at radius 2 is 1.91 bits per heavy atom. The minimum atomic E-state index is 0. The number of nitrogens with zero attached hydrogens (tertiary/aromatic N) is 2. The Balaban J connectivity index is 0.00000441. The molecule has 22 heavy (non-hydrogen) atoms. The number of aromatic nitrogens is 1. The maximum atomic E-state index is 4.68. The molecule has 128 valence electrons. The molecule has 1 rings (SSSR count). The molecule has 1 heterocycles. The fourth-order valence-corrected chi connectivity index (χ4v) is 2.66. The summed E-state index contributed by atoms with van der Waals surface area (Å²) in [4.78, 5) is 8.94. The van der Waals surface area contributed by atoms with Gasteiger partial charge < -0.3 is 10.6 Å². The highest BCUT2D eigenvalue weighted by Crippen LogP contribution is 2.23. The molecule has 0 bridgehead atoms. The summed E-state index contributed by atoms with van der Waals surface area (Å²) in [5, 5.41) is 9.92. The van der Waals surface area contributed by atoms with Crippen molar-refractivity contribution in [1.29, 1.82) is 0 Å². The van der Waals surface area contributed by atoms with Gasteiger partial charge in [0.1, 0.15) is 5.01 Å². The van der Waals surface area contributed by atoms with Crippen molar-refractivity contribution >= 4 is 53.0 Å². The van der Waals surface area contributed by atoms with Crippen molar-refractivity contribution in [1.82, 2.24) is 15.6 Å². The molecule has 4 nitrogen and oxygen atoms in total. The number of rotatable bonds is 5. The second-order valence-electron chi connectivity index (χ2n) is 6.62. The van der Waals surface area contributed by atoms with Crippen LogP contribution in [0.4, 0.5) is 0 Å². The topological polar surface area (TPSA) is 49.3 Å². The Bertz CT molecular complexity index is 478. The minimum absolute atomic E-state index is 0. The maximum absolute atomic E-state index is 4.68. The molecule has 0 saturated heterocycles. The zero-order chi connectivity index (χ0) is 16.1. The van der Waals surface area contributed by atoms with Crippen molar-refractivity contribution in [2.24, 2.45) is 4.99 Å². The van der Waals surface area contributed by atoms with Crippen LogP contribution in [0, 0.1) is 0 Å². The third-order valence-electron chi connectivity index (χ3n) is 3.18.